The number of ether oxygens (including phenoxy) is 2. The van der Waals surface area contributed by atoms with E-state index in [9.17, 15) is 0 Å². The van der Waals surface area contributed by atoms with Crippen molar-refractivity contribution in [1.29, 1.82) is 0 Å². The third-order valence-electron chi connectivity index (χ3n) is 3.86. The summed E-state index contributed by atoms with van der Waals surface area (Å²) in [4.78, 5) is 0. The topological polar surface area (TPSA) is 18.5 Å². The summed E-state index contributed by atoms with van der Waals surface area (Å²) >= 11 is 9.84. The van der Waals surface area contributed by atoms with Gasteiger partial charge in [0.15, 0.2) is 0 Å². The lowest BCUT2D eigenvalue weighted by atomic mass is 9.82. The second kappa shape index (κ2) is 5.03. The van der Waals surface area contributed by atoms with Gasteiger partial charge < -0.3 is 9.47 Å². The summed E-state index contributed by atoms with van der Waals surface area (Å²) in [5.74, 6) is 1.06. The van der Waals surface area contributed by atoms with Crippen LogP contribution in [0.2, 0.25) is 5.02 Å². The molecule has 1 saturated heterocycles. The van der Waals surface area contributed by atoms with E-state index in [1.54, 1.807) is 0 Å². The molecule has 98 valence electrons. The highest BCUT2D eigenvalue weighted by Gasteiger charge is 2.35. The lowest BCUT2D eigenvalue weighted by Crippen LogP contribution is -2.26. The second-order valence-electron chi connectivity index (χ2n) is 5.26. The zero-order valence-electron chi connectivity index (χ0n) is 10.2. The summed E-state index contributed by atoms with van der Waals surface area (Å²) in [6.45, 7) is 2.45. The normalized spacial score (nSPS) is 26.1. The molecule has 1 unspecified atom stereocenters. The highest BCUT2D eigenvalue weighted by atomic mass is 79.9. The number of halogens is 2. The first-order chi connectivity index (χ1) is 8.72. The third kappa shape index (κ3) is 2.28. The van der Waals surface area contributed by atoms with Gasteiger partial charge in [0.05, 0.1) is 13.2 Å². The fraction of sp³-hybridized carbons (Fsp3) is 0.571. The lowest BCUT2D eigenvalue weighted by Gasteiger charge is -2.25. The highest BCUT2D eigenvalue weighted by Crippen LogP contribution is 2.40. The van der Waals surface area contributed by atoms with E-state index < -0.39 is 0 Å². The Bertz CT molecular complexity index is 455. The van der Waals surface area contributed by atoms with E-state index in [0.29, 0.717) is 0 Å². The lowest BCUT2D eigenvalue weighted by molar-refractivity contribution is 0.161. The van der Waals surface area contributed by atoms with Crippen molar-refractivity contribution in [2.75, 3.05) is 25.2 Å². The predicted molar refractivity (Wildman–Crippen MR) is 76.0 cm³/mol. The van der Waals surface area contributed by atoms with Crippen molar-refractivity contribution in [2.45, 2.75) is 19.3 Å². The Labute approximate surface area is 121 Å². The number of hydrogen-bond donors (Lipinski definition) is 0. The van der Waals surface area contributed by atoms with Crippen molar-refractivity contribution < 1.29 is 9.47 Å². The third-order valence-corrected chi connectivity index (χ3v) is 5.27. The molecule has 2 heterocycles. The van der Waals surface area contributed by atoms with E-state index >= 15 is 0 Å². The molecule has 18 heavy (non-hydrogen) atoms. The van der Waals surface area contributed by atoms with Gasteiger partial charge in [0.2, 0.25) is 0 Å². The standard InChI is InChI=1S/C14H16BrClO2/c15-8-14(2-4-17-9-14)7-11-6-12(16)5-10-1-3-18-13(10)11/h5-6H,1-4,7-9H2. The maximum atomic E-state index is 6.20. The Hall–Kier alpha value is -0.250. The molecule has 2 nitrogen and oxygen atoms in total. The number of fused-ring (bicyclic) bond motifs is 1. The second-order valence-corrected chi connectivity index (χ2v) is 6.26. The van der Waals surface area contributed by atoms with Gasteiger partial charge in [0.25, 0.3) is 0 Å². The molecule has 1 fully saturated rings. The van der Waals surface area contributed by atoms with E-state index in [4.69, 9.17) is 21.1 Å². The van der Waals surface area contributed by atoms with Crippen molar-refractivity contribution in [3.8, 4) is 5.75 Å². The van der Waals surface area contributed by atoms with Crippen LogP contribution in [0.1, 0.15) is 17.5 Å². The minimum atomic E-state index is 0.199. The summed E-state index contributed by atoms with van der Waals surface area (Å²) in [5.41, 5.74) is 2.69. The first-order valence-corrected chi connectivity index (χ1v) is 7.80. The van der Waals surface area contributed by atoms with Crippen LogP contribution in [0.4, 0.5) is 0 Å². The summed E-state index contributed by atoms with van der Waals surface area (Å²) in [5, 5.41) is 1.78. The van der Waals surface area contributed by atoms with Gasteiger partial charge in [-0.05, 0) is 36.1 Å². The molecule has 4 heteroatoms. The average molecular weight is 332 g/mol. The van der Waals surface area contributed by atoms with E-state index in [2.05, 4.69) is 22.0 Å². The van der Waals surface area contributed by atoms with Crippen molar-refractivity contribution in [3.05, 3.63) is 28.3 Å². The molecule has 0 N–H and O–H groups in total. The van der Waals surface area contributed by atoms with Crippen LogP contribution in [0.3, 0.4) is 0 Å². The minimum absolute atomic E-state index is 0.199. The largest absolute Gasteiger partial charge is 0.493 e. The molecule has 1 aromatic carbocycles. The van der Waals surface area contributed by atoms with Gasteiger partial charge in [-0.2, -0.15) is 0 Å². The van der Waals surface area contributed by atoms with Crippen LogP contribution in [-0.4, -0.2) is 25.2 Å². The molecule has 0 aromatic heterocycles. The molecule has 3 rings (SSSR count). The fourth-order valence-electron chi connectivity index (χ4n) is 2.82. The number of benzene rings is 1. The molecule has 0 aliphatic carbocycles. The smallest absolute Gasteiger partial charge is 0.125 e. The average Bonchev–Trinajstić information content (AvgIpc) is 2.98. The van der Waals surface area contributed by atoms with Gasteiger partial charge in [0, 0.05) is 28.8 Å². The monoisotopic (exact) mass is 330 g/mol. The molecular weight excluding hydrogens is 316 g/mol. The quantitative estimate of drug-likeness (QED) is 0.788. The van der Waals surface area contributed by atoms with Gasteiger partial charge in [-0.15, -0.1) is 0 Å². The molecular formula is C14H16BrClO2. The summed E-state index contributed by atoms with van der Waals surface area (Å²) in [7, 11) is 0. The fourth-order valence-corrected chi connectivity index (χ4v) is 3.73. The molecule has 0 saturated carbocycles. The Morgan fingerprint density at radius 3 is 2.94 bits per heavy atom. The van der Waals surface area contributed by atoms with Crippen LogP contribution in [-0.2, 0) is 17.6 Å². The molecule has 1 aromatic rings. The molecule has 0 spiro atoms. The van der Waals surface area contributed by atoms with Crippen molar-refractivity contribution in [3.63, 3.8) is 0 Å². The Balaban J connectivity index is 1.92. The summed E-state index contributed by atoms with van der Waals surface area (Å²) < 4.78 is 11.3. The number of alkyl halides is 1. The number of hydrogen-bond acceptors (Lipinski definition) is 2. The first kappa shape index (κ1) is 12.8. The van der Waals surface area contributed by atoms with E-state index in [0.717, 1.165) is 55.2 Å². The van der Waals surface area contributed by atoms with Crippen LogP contribution >= 0.6 is 27.5 Å². The van der Waals surface area contributed by atoms with E-state index in [1.807, 2.05) is 6.07 Å². The van der Waals surface area contributed by atoms with Gasteiger partial charge in [-0.25, -0.2) is 0 Å². The molecule has 2 aliphatic rings. The Kier molecular flexibility index (Phi) is 3.57. The van der Waals surface area contributed by atoms with Gasteiger partial charge >= 0.3 is 0 Å². The Morgan fingerprint density at radius 1 is 1.33 bits per heavy atom. The summed E-state index contributed by atoms with van der Waals surface area (Å²) in [6, 6.07) is 4.08. The summed E-state index contributed by atoms with van der Waals surface area (Å²) in [6.07, 6.45) is 3.04. The molecule has 0 radical (unpaired) electrons. The van der Waals surface area contributed by atoms with Crippen molar-refractivity contribution >= 4 is 27.5 Å². The zero-order valence-corrected chi connectivity index (χ0v) is 12.5. The zero-order chi connectivity index (χ0) is 12.6. The predicted octanol–water partition coefficient (Wildman–Crippen LogP) is 3.62. The van der Waals surface area contributed by atoms with Crippen molar-refractivity contribution in [1.82, 2.24) is 0 Å². The SMILES string of the molecule is Clc1cc2c(c(CC3(CBr)CCOC3)c1)OCC2. The highest BCUT2D eigenvalue weighted by molar-refractivity contribution is 9.09. The van der Waals surface area contributed by atoms with Crippen LogP contribution in [0.5, 0.6) is 5.75 Å². The van der Waals surface area contributed by atoms with Crippen LogP contribution in [0.25, 0.3) is 0 Å². The number of rotatable bonds is 3. The van der Waals surface area contributed by atoms with Gasteiger partial charge in [-0.1, -0.05) is 27.5 Å². The molecule has 2 aliphatic heterocycles. The minimum Gasteiger partial charge on any atom is -0.493 e. The van der Waals surface area contributed by atoms with Gasteiger partial charge in [0.1, 0.15) is 5.75 Å². The van der Waals surface area contributed by atoms with Crippen molar-refractivity contribution in [2.24, 2.45) is 5.41 Å². The Morgan fingerprint density at radius 2 is 2.22 bits per heavy atom. The van der Waals surface area contributed by atoms with E-state index in [-0.39, 0.29) is 5.41 Å². The molecule has 0 bridgehead atoms. The van der Waals surface area contributed by atoms with E-state index in [1.165, 1.54) is 11.1 Å². The van der Waals surface area contributed by atoms with Gasteiger partial charge in [-0.3, -0.25) is 0 Å². The maximum Gasteiger partial charge on any atom is 0.125 e. The molecule has 0 amide bonds. The maximum absolute atomic E-state index is 6.20. The van der Waals surface area contributed by atoms with Crippen LogP contribution < -0.4 is 4.74 Å². The molecule has 1 atom stereocenters. The van der Waals surface area contributed by atoms with Crippen LogP contribution in [0, 0.1) is 5.41 Å². The van der Waals surface area contributed by atoms with Crippen LogP contribution in [0.15, 0.2) is 12.1 Å². The first-order valence-electron chi connectivity index (χ1n) is 6.30.